The molecule has 1 nitrogen and oxygen atoms in total. The summed E-state index contributed by atoms with van der Waals surface area (Å²) in [5.41, 5.74) is 4.84. The maximum absolute atomic E-state index is 11.7. The molecular formula is C5H12BF3N-. The quantitative estimate of drug-likeness (QED) is 0.614. The molecule has 0 radical (unpaired) electrons. The predicted octanol–water partition coefficient (Wildman–Crippen LogP) is 1.89. The molecule has 1 atom stereocenters. The highest BCUT2D eigenvalue weighted by Gasteiger charge is 2.30. The summed E-state index contributed by atoms with van der Waals surface area (Å²) in [7, 11) is 0. The van der Waals surface area contributed by atoms with Gasteiger partial charge < -0.3 is 18.7 Å². The van der Waals surface area contributed by atoms with Crippen molar-refractivity contribution in [2.75, 3.05) is 0 Å². The topological polar surface area (TPSA) is 26.0 Å². The van der Waals surface area contributed by atoms with E-state index in [1.165, 1.54) is 0 Å². The summed E-state index contributed by atoms with van der Waals surface area (Å²) in [5.74, 6) is -1.57. The lowest BCUT2D eigenvalue weighted by Gasteiger charge is -2.21. The van der Waals surface area contributed by atoms with E-state index in [2.05, 4.69) is 0 Å². The van der Waals surface area contributed by atoms with Gasteiger partial charge >= 0.3 is 6.98 Å². The number of nitrogens with two attached hydrogens (primary N) is 1. The molecule has 5 heteroatoms. The van der Waals surface area contributed by atoms with Crippen LogP contribution in [0.25, 0.3) is 0 Å². The molecule has 1 unspecified atom stereocenters. The van der Waals surface area contributed by atoms with Crippen molar-refractivity contribution in [1.82, 2.24) is 0 Å². The third kappa shape index (κ3) is 3.77. The molecule has 0 rings (SSSR count). The van der Waals surface area contributed by atoms with E-state index in [0.29, 0.717) is 6.42 Å². The Hall–Kier alpha value is -0.185. The third-order valence-electron chi connectivity index (χ3n) is 1.38. The van der Waals surface area contributed by atoms with Gasteiger partial charge in [0.25, 0.3) is 0 Å². The van der Waals surface area contributed by atoms with Crippen LogP contribution in [0.2, 0.25) is 0 Å². The van der Waals surface area contributed by atoms with Gasteiger partial charge in [-0.3, -0.25) is 0 Å². The van der Waals surface area contributed by atoms with Gasteiger partial charge in [-0.05, 0) is 5.94 Å². The lowest BCUT2D eigenvalue weighted by Crippen LogP contribution is -2.42. The van der Waals surface area contributed by atoms with Gasteiger partial charge in [-0.15, -0.1) is 0 Å². The molecule has 0 aromatic heterocycles. The first-order valence-corrected chi connectivity index (χ1v) is 3.44. The number of rotatable bonds is 4. The van der Waals surface area contributed by atoms with Crippen molar-refractivity contribution in [3.63, 3.8) is 0 Å². The van der Waals surface area contributed by atoms with Gasteiger partial charge in [0.1, 0.15) is 0 Å². The van der Waals surface area contributed by atoms with Crippen LogP contribution in [0.1, 0.15) is 26.2 Å². The second-order valence-corrected chi connectivity index (χ2v) is 2.43. The van der Waals surface area contributed by atoms with Crippen LogP contribution in [0.15, 0.2) is 0 Å². The zero-order valence-corrected chi connectivity index (χ0v) is 5.99. The highest BCUT2D eigenvalue weighted by atomic mass is 19.4. The number of halogens is 3. The molecule has 62 valence electrons. The third-order valence-corrected chi connectivity index (χ3v) is 1.38. The van der Waals surface area contributed by atoms with Crippen LogP contribution >= 0.6 is 0 Å². The van der Waals surface area contributed by atoms with Crippen molar-refractivity contribution in [2.45, 2.75) is 32.1 Å². The van der Waals surface area contributed by atoms with Crippen LogP contribution in [0.3, 0.4) is 0 Å². The van der Waals surface area contributed by atoms with Crippen molar-refractivity contribution in [3.05, 3.63) is 0 Å². The van der Waals surface area contributed by atoms with E-state index < -0.39 is 12.9 Å². The molecule has 0 aromatic rings. The molecular weight excluding hydrogens is 142 g/mol. The van der Waals surface area contributed by atoms with Crippen molar-refractivity contribution in [2.24, 2.45) is 5.73 Å². The molecule has 2 N–H and O–H groups in total. The normalized spacial score (nSPS) is 15.3. The number of unbranched alkanes of at least 4 members (excludes halogenated alkanes) is 1. The minimum atomic E-state index is -4.80. The Bertz CT molecular complexity index is 93.4. The van der Waals surface area contributed by atoms with E-state index in [1.54, 1.807) is 0 Å². The summed E-state index contributed by atoms with van der Waals surface area (Å²) in [4.78, 5) is 0. The largest absolute Gasteiger partial charge is 0.494 e. The molecule has 0 aliphatic heterocycles. The van der Waals surface area contributed by atoms with E-state index in [1.807, 2.05) is 6.92 Å². The van der Waals surface area contributed by atoms with E-state index in [0.717, 1.165) is 6.42 Å². The van der Waals surface area contributed by atoms with Crippen molar-refractivity contribution in [3.8, 4) is 0 Å². The van der Waals surface area contributed by atoms with Crippen LogP contribution in [0, 0.1) is 0 Å². The Labute approximate surface area is 58.8 Å². The van der Waals surface area contributed by atoms with E-state index in [9.17, 15) is 12.9 Å². The van der Waals surface area contributed by atoms with E-state index in [4.69, 9.17) is 5.73 Å². The first-order chi connectivity index (χ1) is 4.48. The minimum Gasteiger partial charge on any atom is -0.448 e. The standard InChI is InChI=1S/C5H12BF3N/c1-2-3-4-5(10)6(7,8)9/h5H,2-4,10H2,1H3/q-1. The Morgan fingerprint density at radius 3 is 2.20 bits per heavy atom. The van der Waals surface area contributed by atoms with Crippen LogP contribution in [0.4, 0.5) is 12.9 Å². The zero-order chi connectivity index (χ0) is 8.20. The molecule has 0 aliphatic carbocycles. The van der Waals surface area contributed by atoms with Crippen molar-refractivity contribution < 1.29 is 12.9 Å². The summed E-state index contributed by atoms with van der Waals surface area (Å²) >= 11 is 0. The van der Waals surface area contributed by atoms with Gasteiger partial charge in [-0.1, -0.05) is 26.2 Å². The molecule has 0 fully saturated rings. The fraction of sp³-hybridized carbons (Fsp3) is 1.00. The predicted molar refractivity (Wildman–Crippen MR) is 36.6 cm³/mol. The summed E-state index contributed by atoms with van der Waals surface area (Å²) in [6, 6.07) is 0. The van der Waals surface area contributed by atoms with Crippen LogP contribution < -0.4 is 5.73 Å². The maximum atomic E-state index is 11.7. The summed E-state index contributed by atoms with van der Waals surface area (Å²) in [5, 5.41) is 0. The van der Waals surface area contributed by atoms with Gasteiger partial charge in [0.2, 0.25) is 0 Å². The Morgan fingerprint density at radius 2 is 1.90 bits per heavy atom. The second kappa shape index (κ2) is 3.86. The lowest BCUT2D eigenvalue weighted by molar-refractivity contribution is 0.424. The van der Waals surface area contributed by atoms with Crippen molar-refractivity contribution >= 4 is 6.98 Å². The van der Waals surface area contributed by atoms with Gasteiger partial charge in [-0.2, -0.15) is 0 Å². The first-order valence-electron chi connectivity index (χ1n) is 3.44. The number of hydrogen-bond donors (Lipinski definition) is 1. The SMILES string of the molecule is CCCCC(N)[B-](F)(F)F. The summed E-state index contributed by atoms with van der Waals surface area (Å²) in [6.07, 6.45) is 1.39. The summed E-state index contributed by atoms with van der Waals surface area (Å²) in [6.45, 7) is -2.96. The molecule has 0 spiro atoms. The molecule has 0 aromatic carbocycles. The van der Waals surface area contributed by atoms with Crippen LogP contribution in [0.5, 0.6) is 0 Å². The van der Waals surface area contributed by atoms with E-state index in [-0.39, 0.29) is 6.42 Å². The Morgan fingerprint density at radius 1 is 1.40 bits per heavy atom. The van der Waals surface area contributed by atoms with Crippen molar-refractivity contribution in [1.29, 1.82) is 0 Å². The monoisotopic (exact) mass is 154 g/mol. The molecule has 10 heavy (non-hydrogen) atoms. The average Bonchev–Trinajstić information content (AvgIpc) is 1.80. The van der Waals surface area contributed by atoms with Crippen LogP contribution in [-0.2, 0) is 0 Å². The molecule has 0 saturated carbocycles. The lowest BCUT2D eigenvalue weighted by atomic mass is 9.77. The zero-order valence-electron chi connectivity index (χ0n) is 5.99. The molecule has 0 bridgehead atoms. The molecule has 0 saturated heterocycles. The fourth-order valence-corrected chi connectivity index (χ4v) is 0.629. The van der Waals surface area contributed by atoms with Crippen LogP contribution in [-0.4, -0.2) is 12.9 Å². The Kier molecular flexibility index (Phi) is 3.79. The highest BCUT2D eigenvalue weighted by Crippen LogP contribution is 2.16. The minimum absolute atomic E-state index is 0.0694. The van der Waals surface area contributed by atoms with Gasteiger partial charge in [0.05, 0.1) is 0 Å². The average molecular weight is 154 g/mol. The van der Waals surface area contributed by atoms with Gasteiger partial charge in [0, 0.05) is 0 Å². The van der Waals surface area contributed by atoms with E-state index >= 15 is 0 Å². The molecule has 0 aliphatic rings. The van der Waals surface area contributed by atoms with Gasteiger partial charge in [-0.25, -0.2) is 0 Å². The Balaban J connectivity index is 3.52. The fourth-order valence-electron chi connectivity index (χ4n) is 0.629. The first kappa shape index (κ1) is 9.81. The maximum Gasteiger partial charge on any atom is 0.494 e. The summed E-state index contributed by atoms with van der Waals surface area (Å²) < 4.78 is 35.1. The molecule has 0 heterocycles. The van der Waals surface area contributed by atoms with Gasteiger partial charge in [0.15, 0.2) is 0 Å². The smallest absolute Gasteiger partial charge is 0.448 e. The molecule has 0 amide bonds. The highest BCUT2D eigenvalue weighted by molar-refractivity contribution is 6.60. The second-order valence-electron chi connectivity index (χ2n) is 2.43. The number of hydrogen-bond acceptors (Lipinski definition) is 1.